The van der Waals surface area contributed by atoms with Gasteiger partial charge in [-0.1, -0.05) is 6.42 Å². The zero-order chi connectivity index (χ0) is 15.8. The van der Waals surface area contributed by atoms with Gasteiger partial charge in [0.25, 0.3) is 0 Å². The van der Waals surface area contributed by atoms with E-state index in [-0.39, 0.29) is 0 Å². The molecule has 4 rings (SSSR count). The van der Waals surface area contributed by atoms with E-state index in [1.54, 1.807) is 0 Å². The summed E-state index contributed by atoms with van der Waals surface area (Å²) in [5.41, 5.74) is 4.29. The molecule has 2 aromatic rings. The molecular formula is C18H21N5. The number of nitriles is 1. The van der Waals surface area contributed by atoms with E-state index >= 15 is 0 Å². The Labute approximate surface area is 136 Å². The summed E-state index contributed by atoms with van der Waals surface area (Å²) in [6.07, 6.45) is 4.79. The molecule has 5 heteroatoms. The van der Waals surface area contributed by atoms with Crippen LogP contribution in [0.3, 0.4) is 0 Å². The molecule has 0 amide bonds. The summed E-state index contributed by atoms with van der Waals surface area (Å²) >= 11 is 0. The summed E-state index contributed by atoms with van der Waals surface area (Å²) in [6.45, 7) is 2.13. The van der Waals surface area contributed by atoms with Crippen LogP contribution in [0.1, 0.15) is 42.1 Å². The first-order chi connectivity index (χ1) is 11.3. The molecule has 0 aliphatic carbocycles. The molecule has 0 bridgehead atoms. The highest BCUT2D eigenvalue weighted by atomic mass is 15.4. The Morgan fingerprint density at radius 2 is 2.09 bits per heavy atom. The lowest BCUT2D eigenvalue weighted by molar-refractivity contribution is 0.182. The van der Waals surface area contributed by atoms with Gasteiger partial charge >= 0.3 is 0 Å². The molecule has 5 nitrogen and oxygen atoms in total. The van der Waals surface area contributed by atoms with Gasteiger partial charge in [-0.25, -0.2) is 4.68 Å². The average Bonchev–Trinajstić information content (AvgIpc) is 3.18. The minimum atomic E-state index is 0.428. The smallest absolute Gasteiger partial charge is 0.133 e. The number of aromatic nitrogens is 2. The second-order valence-corrected chi connectivity index (χ2v) is 6.45. The first kappa shape index (κ1) is 14.3. The van der Waals surface area contributed by atoms with Crippen LogP contribution in [0.4, 0.5) is 5.82 Å². The van der Waals surface area contributed by atoms with Crippen molar-refractivity contribution in [2.24, 2.45) is 0 Å². The topological polar surface area (TPSA) is 56.9 Å². The lowest BCUT2D eigenvalue weighted by Gasteiger charge is -2.31. The SMILES string of the molecule is CN1CCCCC1c1nn(-c2ccc(C#N)cc2)c2c1CCN2. The Morgan fingerprint density at radius 1 is 1.26 bits per heavy atom. The largest absolute Gasteiger partial charge is 0.369 e. The highest BCUT2D eigenvalue weighted by molar-refractivity contribution is 5.58. The normalized spacial score (nSPS) is 20.8. The van der Waals surface area contributed by atoms with E-state index in [0.29, 0.717) is 11.6 Å². The van der Waals surface area contributed by atoms with Gasteiger partial charge in [0.15, 0.2) is 0 Å². The lowest BCUT2D eigenvalue weighted by atomic mass is 9.97. The van der Waals surface area contributed by atoms with Crippen molar-refractivity contribution in [1.29, 1.82) is 5.26 Å². The monoisotopic (exact) mass is 307 g/mol. The van der Waals surface area contributed by atoms with Crippen molar-refractivity contribution in [3.05, 3.63) is 41.1 Å². The maximum absolute atomic E-state index is 8.97. The van der Waals surface area contributed by atoms with Crippen LogP contribution in [0.2, 0.25) is 0 Å². The molecule has 2 aliphatic rings. The van der Waals surface area contributed by atoms with Gasteiger partial charge in [0.2, 0.25) is 0 Å². The van der Waals surface area contributed by atoms with Gasteiger partial charge in [-0.3, -0.25) is 4.90 Å². The molecule has 1 atom stereocenters. The van der Waals surface area contributed by atoms with Crippen molar-refractivity contribution in [1.82, 2.24) is 14.7 Å². The molecule has 1 N–H and O–H groups in total. The fraction of sp³-hybridized carbons (Fsp3) is 0.444. The highest BCUT2D eigenvalue weighted by Gasteiger charge is 2.31. The molecule has 1 unspecified atom stereocenters. The van der Waals surface area contributed by atoms with Crippen LogP contribution >= 0.6 is 0 Å². The Kier molecular flexibility index (Phi) is 3.55. The van der Waals surface area contributed by atoms with Gasteiger partial charge in [0.1, 0.15) is 5.82 Å². The van der Waals surface area contributed by atoms with E-state index in [1.807, 2.05) is 28.9 Å². The van der Waals surface area contributed by atoms with E-state index in [9.17, 15) is 0 Å². The van der Waals surface area contributed by atoms with E-state index in [0.717, 1.165) is 31.0 Å². The van der Waals surface area contributed by atoms with E-state index in [1.165, 1.54) is 30.5 Å². The van der Waals surface area contributed by atoms with Crippen LogP contribution in [0.5, 0.6) is 0 Å². The van der Waals surface area contributed by atoms with Gasteiger partial charge in [0.05, 0.1) is 29.1 Å². The zero-order valence-corrected chi connectivity index (χ0v) is 13.4. The van der Waals surface area contributed by atoms with Gasteiger partial charge in [-0.05, 0) is 57.1 Å². The first-order valence-electron chi connectivity index (χ1n) is 8.34. The molecule has 1 saturated heterocycles. The number of likely N-dealkylation sites (tertiary alicyclic amines) is 1. The number of nitrogens with zero attached hydrogens (tertiary/aromatic N) is 4. The van der Waals surface area contributed by atoms with Crippen LogP contribution in [-0.2, 0) is 6.42 Å². The molecular weight excluding hydrogens is 286 g/mol. The van der Waals surface area contributed by atoms with Crippen molar-refractivity contribution >= 4 is 5.82 Å². The van der Waals surface area contributed by atoms with Crippen LogP contribution in [0.15, 0.2) is 24.3 Å². The number of anilines is 1. The Hall–Kier alpha value is -2.32. The van der Waals surface area contributed by atoms with E-state index in [2.05, 4.69) is 23.3 Å². The number of hydrogen-bond donors (Lipinski definition) is 1. The average molecular weight is 307 g/mol. The number of rotatable bonds is 2. The summed E-state index contributed by atoms with van der Waals surface area (Å²) < 4.78 is 2.02. The molecule has 1 aromatic heterocycles. The summed E-state index contributed by atoms with van der Waals surface area (Å²) in [7, 11) is 2.21. The molecule has 2 aliphatic heterocycles. The summed E-state index contributed by atoms with van der Waals surface area (Å²) in [5, 5.41) is 17.4. The van der Waals surface area contributed by atoms with Crippen molar-refractivity contribution in [3.8, 4) is 11.8 Å². The number of hydrogen-bond acceptors (Lipinski definition) is 4. The Morgan fingerprint density at radius 3 is 2.83 bits per heavy atom. The quantitative estimate of drug-likeness (QED) is 0.927. The maximum atomic E-state index is 8.97. The fourth-order valence-corrected chi connectivity index (χ4v) is 3.75. The predicted octanol–water partition coefficient (Wildman–Crippen LogP) is 2.87. The van der Waals surface area contributed by atoms with Crippen LogP contribution in [0, 0.1) is 11.3 Å². The number of benzene rings is 1. The summed E-state index contributed by atoms with van der Waals surface area (Å²) in [4.78, 5) is 2.44. The number of piperidine rings is 1. The molecule has 3 heterocycles. The van der Waals surface area contributed by atoms with Gasteiger partial charge in [-0.15, -0.1) is 0 Å². The minimum absolute atomic E-state index is 0.428. The zero-order valence-electron chi connectivity index (χ0n) is 13.4. The third-order valence-electron chi connectivity index (χ3n) is 5.01. The van der Waals surface area contributed by atoms with Gasteiger partial charge in [-0.2, -0.15) is 10.4 Å². The second-order valence-electron chi connectivity index (χ2n) is 6.45. The molecule has 1 aromatic carbocycles. The Bertz CT molecular complexity index is 753. The van der Waals surface area contributed by atoms with Crippen LogP contribution < -0.4 is 5.32 Å². The van der Waals surface area contributed by atoms with Gasteiger partial charge < -0.3 is 5.32 Å². The minimum Gasteiger partial charge on any atom is -0.369 e. The standard InChI is InChI=1S/C18H21N5/c1-22-11-3-2-4-16(22)17-15-9-10-20-18(15)23(21-17)14-7-5-13(12-19)6-8-14/h5-8,16,20H,2-4,9-11H2,1H3. The first-order valence-corrected chi connectivity index (χ1v) is 8.34. The molecule has 0 spiro atoms. The molecule has 0 radical (unpaired) electrons. The van der Waals surface area contributed by atoms with Crippen LogP contribution in [0.25, 0.3) is 5.69 Å². The fourth-order valence-electron chi connectivity index (χ4n) is 3.75. The van der Waals surface area contributed by atoms with Crippen molar-refractivity contribution in [3.63, 3.8) is 0 Å². The van der Waals surface area contributed by atoms with Gasteiger partial charge in [0, 0.05) is 12.1 Å². The van der Waals surface area contributed by atoms with Crippen molar-refractivity contribution < 1.29 is 0 Å². The Balaban J connectivity index is 1.76. The molecule has 23 heavy (non-hydrogen) atoms. The highest BCUT2D eigenvalue weighted by Crippen LogP contribution is 2.37. The number of fused-ring (bicyclic) bond motifs is 1. The summed E-state index contributed by atoms with van der Waals surface area (Å²) in [6, 6.07) is 10.2. The predicted molar refractivity (Wildman–Crippen MR) is 89.7 cm³/mol. The van der Waals surface area contributed by atoms with E-state index < -0.39 is 0 Å². The number of nitrogens with one attached hydrogen (secondary N) is 1. The molecule has 0 saturated carbocycles. The summed E-state index contributed by atoms with van der Waals surface area (Å²) in [5.74, 6) is 1.13. The third-order valence-corrected chi connectivity index (χ3v) is 5.01. The lowest BCUT2D eigenvalue weighted by Crippen LogP contribution is -2.30. The maximum Gasteiger partial charge on any atom is 0.133 e. The molecule has 1 fully saturated rings. The van der Waals surface area contributed by atoms with Crippen molar-refractivity contribution in [2.75, 3.05) is 25.5 Å². The third kappa shape index (κ3) is 2.40. The van der Waals surface area contributed by atoms with Crippen LogP contribution in [-0.4, -0.2) is 34.8 Å². The van der Waals surface area contributed by atoms with E-state index in [4.69, 9.17) is 10.4 Å². The molecule has 118 valence electrons. The van der Waals surface area contributed by atoms with Crippen molar-refractivity contribution in [2.45, 2.75) is 31.7 Å². The second kappa shape index (κ2) is 5.71.